The second-order valence-electron chi connectivity index (χ2n) is 6.89. The maximum Gasteiger partial charge on any atom is 0.323 e. The van der Waals surface area contributed by atoms with Gasteiger partial charge in [-0.15, -0.1) is 0 Å². The molecule has 1 atom stereocenters. The van der Waals surface area contributed by atoms with E-state index in [1.54, 1.807) is 12.1 Å². The van der Waals surface area contributed by atoms with Crippen LogP contribution in [0, 0.1) is 17.8 Å². The van der Waals surface area contributed by atoms with Crippen LogP contribution in [0.25, 0.3) is 0 Å². The van der Waals surface area contributed by atoms with Crippen LogP contribution in [-0.2, 0) is 18.1 Å². The van der Waals surface area contributed by atoms with Crippen molar-refractivity contribution >= 4 is 11.6 Å². The van der Waals surface area contributed by atoms with Gasteiger partial charge in [0.05, 0.1) is 11.6 Å². The van der Waals surface area contributed by atoms with Crippen LogP contribution in [0.4, 0.5) is 8.78 Å². The van der Waals surface area contributed by atoms with E-state index in [0.29, 0.717) is 5.56 Å². The summed E-state index contributed by atoms with van der Waals surface area (Å²) in [7, 11) is 0. The molecule has 2 aromatic heterocycles. The molecule has 29 heavy (non-hydrogen) atoms. The minimum absolute atomic E-state index is 0.00449. The fourth-order valence-corrected chi connectivity index (χ4v) is 2.86. The van der Waals surface area contributed by atoms with E-state index >= 15 is 8.78 Å². The summed E-state index contributed by atoms with van der Waals surface area (Å²) in [4.78, 5) is 7.49. The molecule has 0 aliphatic heterocycles. The SMILES string of the molecule is CC(C)C#Cc1ccc(C(O)(Cn2cncn2)C(F)(F)c2ccc(Cl)cn2)cc1. The molecule has 3 aromatic rings. The Balaban J connectivity index is 2.06. The van der Waals surface area contributed by atoms with Gasteiger partial charge in [0.15, 0.2) is 5.60 Å². The molecule has 0 aliphatic rings. The summed E-state index contributed by atoms with van der Waals surface area (Å²) < 4.78 is 32.2. The molecule has 0 amide bonds. The molecule has 150 valence electrons. The lowest BCUT2D eigenvalue weighted by molar-refractivity contribution is -0.206. The van der Waals surface area contributed by atoms with E-state index in [9.17, 15) is 5.11 Å². The lowest BCUT2D eigenvalue weighted by Gasteiger charge is -2.35. The van der Waals surface area contributed by atoms with Crippen LogP contribution in [0.2, 0.25) is 5.02 Å². The second-order valence-corrected chi connectivity index (χ2v) is 7.33. The van der Waals surface area contributed by atoms with Crippen molar-refractivity contribution in [2.45, 2.75) is 31.9 Å². The lowest BCUT2D eigenvalue weighted by Crippen LogP contribution is -2.47. The van der Waals surface area contributed by atoms with Crippen LogP contribution < -0.4 is 0 Å². The summed E-state index contributed by atoms with van der Waals surface area (Å²) in [6.45, 7) is 3.39. The van der Waals surface area contributed by atoms with E-state index in [2.05, 4.69) is 26.9 Å². The van der Waals surface area contributed by atoms with Gasteiger partial charge < -0.3 is 5.11 Å². The molecular weight excluding hydrogens is 398 g/mol. The van der Waals surface area contributed by atoms with Crippen LogP contribution in [0.5, 0.6) is 0 Å². The van der Waals surface area contributed by atoms with Crippen LogP contribution in [0.3, 0.4) is 0 Å². The molecule has 1 unspecified atom stereocenters. The lowest BCUT2D eigenvalue weighted by atomic mass is 9.84. The van der Waals surface area contributed by atoms with E-state index in [0.717, 1.165) is 16.9 Å². The van der Waals surface area contributed by atoms with E-state index in [-0.39, 0.29) is 16.5 Å². The number of aliphatic hydroxyl groups is 1. The number of hydrogen-bond donors (Lipinski definition) is 1. The number of rotatable bonds is 5. The van der Waals surface area contributed by atoms with Crippen molar-refractivity contribution < 1.29 is 13.9 Å². The molecule has 0 fully saturated rings. The third-order valence-electron chi connectivity index (χ3n) is 4.29. The zero-order chi connectivity index (χ0) is 21.1. The van der Waals surface area contributed by atoms with Crippen LogP contribution in [0.15, 0.2) is 55.2 Å². The van der Waals surface area contributed by atoms with Gasteiger partial charge in [-0.1, -0.05) is 49.4 Å². The Bertz CT molecular complexity index is 1010. The molecular formula is C21H19ClF2N4O. The quantitative estimate of drug-likeness (QED) is 0.638. The Kier molecular flexibility index (Phi) is 5.96. The van der Waals surface area contributed by atoms with Gasteiger partial charge >= 0.3 is 5.92 Å². The molecule has 0 radical (unpaired) electrons. The number of benzene rings is 1. The molecule has 2 heterocycles. The van der Waals surface area contributed by atoms with Gasteiger partial charge in [0.1, 0.15) is 18.3 Å². The molecule has 5 nitrogen and oxygen atoms in total. The Morgan fingerprint density at radius 2 is 1.90 bits per heavy atom. The Labute approximate surface area is 172 Å². The normalized spacial score (nSPS) is 13.6. The maximum absolute atomic E-state index is 15.5. The summed E-state index contributed by atoms with van der Waals surface area (Å²) in [6, 6.07) is 8.47. The number of aromatic nitrogens is 4. The van der Waals surface area contributed by atoms with Crippen molar-refractivity contribution in [1.29, 1.82) is 0 Å². The Morgan fingerprint density at radius 1 is 1.17 bits per heavy atom. The first kappa shape index (κ1) is 20.9. The monoisotopic (exact) mass is 416 g/mol. The first-order valence-electron chi connectivity index (χ1n) is 8.89. The molecule has 0 aliphatic carbocycles. The second kappa shape index (κ2) is 8.27. The first-order valence-corrected chi connectivity index (χ1v) is 9.27. The molecule has 0 saturated heterocycles. The summed E-state index contributed by atoms with van der Waals surface area (Å²) in [6.07, 6.45) is 3.59. The predicted octanol–water partition coefficient (Wildman–Crippen LogP) is 4.01. The van der Waals surface area contributed by atoms with E-state index in [1.807, 2.05) is 13.8 Å². The van der Waals surface area contributed by atoms with Crippen molar-refractivity contribution in [3.8, 4) is 11.8 Å². The zero-order valence-electron chi connectivity index (χ0n) is 15.9. The van der Waals surface area contributed by atoms with E-state index in [1.165, 1.54) is 30.9 Å². The van der Waals surface area contributed by atoms with Gasteiger partial charge in [0.2, 0.25) is 0 Å². The third-order valence-corrected chi connectivity index (χ3v) is 4.52. The van der Waals surface area contributed by atoms with Gasteiger partial charge in [-0.3, -0.25) is 4.98 Å². The highest BCUT2D eigenvalue weighted by Gasteiger charge is 2.56. The molecule has 1 aromatic carbocycles. The highest BCUT2D eigenvalue weighted by atomic mass is 35.5. The molecule has 0 saturated carbocycles. The number of nitrogens with zero attached hydrogens (tertiary/aromatic N) is 4. The average molecular weight is 417 g/mol. The number of alkyl halides is 2. The van der Waals surface area contributed by atoms with Gasteiger partial charge in [-0.2, -0.15) is 13.9 Å². The summed E-state index contributed by atoms with van der Waals surface area (Å²) in [5.74, 6) is 2.42. The van der Waals surface area contributed by atoms with Crippen molar-refractivity contribution in [3.63, 3.8) is 0 Å². The van der Waals surface area contributed by atoms with E-state index in [4.69, 9.17) is 11.6 Å². The molecule has 3 rings (SSSR count). The fourth-order valence-electron chi connectivity index (χ4n) is 2.75. The van der Waals surface area contributed by atoms with Crippen LogP contribution in [-0.4, -0.2) is 24.9 Å². The number of halogens is 3. The highest BCUT2D eigenvalue weighted by Crippen LogP contribution is 2.45. The standard InChI is InChI=1S/C21H19ClF2N4O/c1-15(2)3-4-16-5-7-17(8-6-16)20(29,12-28-14-25-13-27-28)21(23,24)19-10-9-18(22)11-26-19/h5-11,13-15,29H,12H2,1-2H3. The van der Waals surface area contributed by atoms with Gasteiger partial charge in [0, 0.05) is 17.7 Å². The fraction of sp³-hybridized carbons (Fsp3) is 0.286. The van der Waals surface area contributed by atoms with Crippen LogP contribution in [0.1, 0.15) is 30.7 Å². The largest absolute Gasteiger partial charge is 0.377 e. The summed E-state index contributed by atoms with van der Waals surface area (Å²) >= 11 is 5.77. The van der Waals surface area contributed by atoms with Crippen LogP contribution >= 0.6 is 11.6 Å². The number of pyridine rings is 1. The number of hydrogen-bond acceptors (Lipinski definition) is 4. The Morgan fingerprint density at radius 3 is 2.45 bits per heavy atom. The minimum atomic E-state index is -3.74. The molecule has 8 heteroatoms. The predicted molar refractivity (Wildman–Crippen MR) is 105 cm³/mol. The molecule has 0 bridgehead atoms. The van der Waals surface area contributed by atoms with Gasteiger partial charge in [-0.05, 0) is 29.8 Å². The third kappa shape index (κ3) is 4.44. The van der Waals surface area contributed by atoms with Gasteiger partial charge in [-0.25, -0.2) is 9.67 Å². The minimum Gasteiger partial charge on any atom is -0.377 e. The summed E-state index contributed by atoms with van der Waals surface area (Å²) in [5, 5.41) is 15.3. The van der Waals surface area contributed by atoms with Crippen molar-refractivity contribution in [1.82, 2.24) is 19.7 Å². The average Bonchev–Trinajstić information content (AvgIpc) is 3.19. The molecule has 1 N–H and O–H groups in total. The highest BCUT2D eigenvalue weighted by molar-refractivity contribution is 6.30. The van der Waals surface area contributed by atoms with E-state index < -0.39 is 23.8 Å². The topological polar surface area (TPSA) is 63.8 Å². The smallest absolute Gasteiger partial charge is 0.323 e. The zero-order valence-corrected chi connectivity index (χ0v) is 16.6. The van der Waals surface area contributed by atoms with Gasteiger partial charge in [0.25, 0.3) is 0 Å². The maximum atomic E-state index is 15.5. The molecule has 0 spiro atoms. The van der Waals surface area contributed by atoms with Crippen molar-refractivity contribution in [3.05, 3.63) is 77.1 Å². The first-order chi connectivity index (χ1) is 13.7. The summed E-state index contributed by atoms with van der Waals surface area (Å²) in [5.41, 5.74) is -2.57. The Hall–Kier alpha value is -2.82. The van der Waals surface area contributed by atoms with Crippen molar-refractivity contribution in [2.24, 2.45) is 5.92 Å². The van der Waals surface area contributed by atoms with Crippen molar-refractivity contribution in [2.75, 3.05) is 0 Å².